The number of anilines is 4. The number of hydrogen-bond acceptors (Lipinski definition) is 7. The van der Waals surface area contributed by atoms with Crippen LogP contribution in [0.1, 0.15) is 32.6 Å². The molecule has 0 radical (unpaired) electrons. The Bertz CT molecular complexity index is 1330. The summed E-state index contributed by atoms with van der Waals surface area (Å²) in [5.41, 5.74) is 7.09. The summed E-state index contributed by atoms with van der Waals surface area (Å²) < 4.78 is 0. The van der Waals surface area contributed by atoms with Crippen molar-refractivity contribution in [3.63, 3.8) is 0 Å². The number of fused-ring (bicyclic) bond motifs is 4. The second kappa shape index (κ2) is 7.92. The fraction of sp³-hybridized carbons (Fsp3) is 0.308. The molecule has 0 aliphatic carbocycles. The number of para-hydroxylation sites is 1. The van der Waals surface area contributed by atoms with E-state index >= 15 is 0 Å². The number of likely N-dealkylation sites (N-methyl/N-ethyl adjacent to an activating group) is 1. The first-order chi connectivity index (χ1) is 16.5. The number of nitrogens with zero attached hydrogens (tertiary/aromatic N) is 6. The number of aliphatic imine (C=N–C) groups is 1. The van der Waals surface area contributed by atoms with Crippen molar-refractivity contribution in [3.8, 4) is 0 Å². The third kappa shape index (κ3) is 3.33. The van der Waals surface area contributed by atoms with Crippen LogP contribution in [-0.2, 0) is 13.0 Å². The average molecular weight is 454 g/mol. The Balaban J connectivity index is 1.35. The molecule has 0 spiro atoms. The third-order valence-electron chi connectivity index (χ3n) is 6.80. The molecule has 0 bridgehead atoms. The van der Waals surface area contributed by atoms with E-state index in [9.17, 15) is 4.79 Å². The number of rotatable bonds is 3. The van der Waals surface area contributed by atoms with Gasteiger partial charge in [-0.3, -0.25) is 14.7 Å². The van der Waals surface area contributed by atoms with Gasteiger partial charge in [0.2, 0.25) is 11.9 Å². The number of amides is 1. The molecule has 2 aromatic carbocycles. The van der Waals surface area contributed by atoms with E-state index in [4.69, 9.17) is 4.98 Å². The van der Waals surface area contributed by atoms with Gasteiger partial charge in [0.05, 0.1) is 12.2 Å². The SMILES string of the molecule is Cc1cccc(C)c1N1C(=O)c2cnc(Nc3ccc4c(c3)CN(C)CC4)nc2N2CCN=C21. The Labute approximate surface area is 199 Å². The molecule has 0 saturated carbocycles. The van der Waals surface area contributed by atoms with Gasteiger partial charge in [-0.15, -0.1) is 0 Å². The highest BCUT2D eigenvalue weighted by Crippen LogP contribution is 2.36. The van der Waals surface area contributed by atoms with Gasteiger partial charge >= 0.3 is 0 Å². The second-order valence-electron chi connectivity index (χ2n) is 9.24. The van der Waals surface area contributed by atoms with E-state index in [1.165, 1.54) is 11.1 Å². The quantitative estimate of drug-likeness (QED) is 0.652. The van der Waals surface area contributed by atoms with Gasteiger partial charge in [-0.1, -0.05) is 24.3 Å². The molecule has 0 saturated heterocycles. The Kier molecular flexibility index (Phi) is 4.84. The molecule has 172 valence electrons. The molecule has 4 heterocycles. The maximum Gasteiger partial charge on any atom is 0.270 e. The summed E-state index contributed by atoms with van der Waals surface area (Å²) in [5, 5.41) is 3.34. The molecule has 0 unspecified atom stereocenters. The molecule has 3 aromatic rings. The standard InChI is InChI=1S/C26H27N7O/c1-16-5-4-6-17(2)22(16)33-24(34)21-14-28-25(30-23(21)32-12-10-27-26(32)33)29-20-8-7-18-9-11-31(3)15-19(18)13-20/h4-8,13-14H,9-12,15H2,1-3H3,(H,28,29,30). The van der Waals surface area contributed by atoms with Crippen molar-refractivity contribution >= 4 is 35.0 Å². The first-order valence-corrected chi connectivity index (χ1v) is 11.7. The van der Waals surface area contributed by atoms with Gasteiger partial charge in [-0.25, -0.2) is 9.88 Å². The van der Waals surface area contributed by atoms with Gasteiger partial charge in [0.25, 0.3) is 5.91 Å². The second-order valence-corrected chi connectivity index (χ2v) is 9.24. The van der Waals surface area contributed by atoms with Crippen LogP contribution in [0.4, 0.5) is 23.1 Å². The van der Waals surface area contributed by atoms with Crippen LogP contribution in [0.5, 0.6) is 0 Å². The van der Waals surface area contributed by atoms with Crippen molar-refractivity contribution in [2.24, 2.45) is 4.99 Å². The molecular weight excluding hydrogens is 426 g/mol. The van der Waals surface area contributed by atoms with Crippen LogP contribution in [0.2, 0.25) is 0 Å². The molecule has 8 heteroatoms. The molecule has 3 aliphatic rings. The summed E-state index contributed by atoms with van der Waals surface area (Å²) in [5.74, 6) is 1.57. The Morgan fingerprint density at radius 3 is 2.68 bits per heavy atom. The molecule has 34 heavy (non-hydrogen) atoms. The van der Waals surface area contributed by atoms with Crippen molar-refractivity contribution in [3.05, 3.63) is 70.4 Å². The van der Waals surface area contributed by atoms with E-state index in [1.807, 2.05) is 36.9 Å². The van der Waals surface area contributed by atoms with Crippen LogP contribution < -0.4 is 15.1 Å². The van der Waals surface area contributed by atoms with E-state index in [0.717, 1.165) is 42.0 Å². The van der Waals surface area contributed by atoms with E-state index in [2.05, 4.69) is 45.4 Å². The van der Waals surface area contributed by atoms with Crippen LogP contribution in [0, 0.1) is 13.8 Å². The number of hydrogen-bond donors (Lipinski definition) is 1. The minimum Gasteiger partial charge on any atom is -0.324 e. The molecule has 1 N–H and O–H groups in total. The van der Waals surface area contributed by atoms with Gasteiger partial charge < -0.3 is 10.2 Å². The van der Waals surface area contributed by atoms with Crippen LogP contribution in [-0.4, -0.2) is 53.4 Å². The minimum absolute atomic E-state index is 0.146. The molecule has 6 rings (SSSR count). The van der Waals surface area contributed by atoms with Gasteiger partial charge in [0, 0.05) is 31.5 Å². The van der Waals surface area contributed by atoms with Gasteiger partial charge in [0.15, 0.2) is 5.82 Å². The van der Waals surface area contributed by atoms with E-state index in [0.29, 0.717) is 36.4 Å². The largest absolute Gasteiger partial charge is 0.324 e. The topological polar surface area (TPSA) is 77.0 Å². The van der Waals surface area contributed by atoms with Crippen LogP contribution in [0.15, 0.2) is 47.6 Å². The summed E-state index contributed by atoms with van der Waals surface area (Å²) in [6, 6.07) is 12.5. The van der Waals surface area contributed by atoms with Gasteiger partial charge in [-0.2, -0.15) is 4.98 Å². The summed E-state index contributed by atoms with van der Waals surface area (Å²) >= 11 is 0. The number of carbonyl (C=O) groups excluding carboxylic acids is 1. The zero-order valence-electron chi connectivity index (χ0n) is 19.7. The lowest BCUT2D eigenvalue weighted by Crippen LogP contribution is -2.51. The summed E-state index contributed by atoms with van der Waals surface area (Å²) in [6.07, 6.45) is 2.70. The number of carbonyl (C=O) groups is 1. The lowest BCUT2D eigenvalue weighted by atomic mass is 9.99. The highest BCUT2D eigenvalue weighted by molar-refractivity contribution is 6.32. The van der Waals surface area contributed by atoms with Crippen LogP contribution in [0.3, 0.4) is 0 Å². The Morgan fingerprint density at radius 1 is 1.03 bits per heavy atom. The minimum atomic E-state index is -0.146. The summed E-state index contributed by atoms with van der Waals surface area (Å²) in [7, 11) is 2.14. The molecule has 1 amide bonds. The van der Waals surface area contributed by atoms with Crippen molar-refractivity contribution in [2.75, 3.05) is 41.8 Å². The number of nitrogens with one attached hydrogen (secondary N) is 1. The van der Waals surface area contributed by atoms with Crippen LogP contribution >= 0.6 is 0 Å². The van der Waals surface area contributed by atoms with Gasteiger partial charge in [-0.05, 0) is 61.7 Å². The maximum absolute atomic E-state index is 13.6. The normalized spacial score (nSPS) is 17.3. The number of guanidine groups is 1. The van der Waals surface area contributed by atoms with Crippen molar-refractivity contribution in [1.82, 2.24) is 14.9 Å². The number of aromatic nitrogens is 2. The Morgan fingerprint density at radius 2 is 1.85 bits per heavy atom. The van der Waals surface area contributed by atoms with E-state index in [-0.39, 0.29) is 5.91 Å². The lowest BCUT2D eigenvalue weighted by Gasteiger charge is -2.36. The average Bonchev–Trinajstić information content (AvgIpc) is 3.30. The van der Waals surface area contributed by atoms with Gasteiger partial charge in [0.1, 0.15) is 5.56 Å². The summed E-state index contributed by atoms with van der Waals surface area (Å²) in [4.78, 5) is 33.7. The highest BCUT2D eigenvalue weighted by Gasteiger charge is 2.40. The third-order valence-corrected chi connectivity index (χ3v) is 6.80. The lowest BCUT2D eigenvalue weighted by molar-refractivity contribution is 0.0999. The molecule has 3 aliphatic heterocycles. The maximum atomic E-state index is 13.6. The predicted molar refractivity (Wildman–Crippen MR) is 134 cm³/mol. The Hall–Kier alpha value is -3.78. The first kappa shape index (κ1) is 20.8. The molecule has 0 fully saturated rings. The smallest absolute Gasteiger partial charge is 0.270 e. The van der Waals surface area contributed by atoms with E-state index in [1.54, 1.807) is 11.1 Å². The zero-order chi connectivity index (χ0) is 23.4. The zero-order valence-corrected chi connectivity index (χ0v) is 19.7. The number of aryl methyl sites for hydroxylation is 2. The predicted octanol–water partition coefficient (Wildman–Crippen LogP) is 3.66. The molecule has 0 atom stereocenters. The fourth-order valence-corrected chi connectivity index (χ4v) is 5.09. The van der Waals surface area contributed by atoms with Crippen molar-refractivity contribution in [2.45, 2.75) is 26.8 Å². The molecule has 1 aromatic heterocycles. The highest BCUT2D eigenvalue weighted by atomic mass is 16.2. The van der Waals surface area contributed by atoms with Crippen molar-refractivity contribution < 1.29 is 4.79 Å². The summed E-state index contributed by atoms with van der Waals surface area (Å²) in [6.45, 7) is 7.36. The van der Waals surface area contributed by atoms with Crippen molar-refractivity contribution in [1.29, 1.82) is 0 Å². The van der Waals surface area contributed by atoms with E-state index < -0.39 is 0 Å². The van der Waals surface area contributed by atoms with Crippen LogP contribution in [0.25, 0.3) is 0 Å². The first-order valence-electron chi connectivity index (χ1n) is 11.7. The molecular formula is C26H27N7O. The monoisotopic (exact) mass is 453 g/mol. The fourth-order valence-electron chi connectivity index (χ4n) is 5.09. The molecule has 8 nitrogen and oxygen atoms in total. The number of benzene rings is 2.